The molecule has 3 heteroatoms. The molecule has 1 N–H and O–H groups in total. The van der Waals surface area contributed by atoms with Gasteiger partial charge in [0.2, 0.25) is 0 Å². The molecule has 0 spiro atoms. The number of nitrogens with one attached hydrogen (secondary N) is 1. The molecule has 1 aliphatic heterocycles. The zero-order chi connectivity index (χ0) is 12.1. The van der Waals surface area contributed by atoms with Gasteiger partial charge in [0.25, 0.3) is 0 Å². The van der Waals surface area contributed by atoms with Crippen molar-refractivity contribution < 1.29 is 9.47 Å². The van der Waals surface area contributed by atoms with E-state index in [2.05, 4.69) is 17.4 Å². The molecule has 0 aliphatic carbocycles. The number of rotatable bonds is 4. The number of ether oxygens (including phenoxy) is 2. The van der Waals surface area contributed by atoms with Crippen LogP contribution in [0.4, 0.5) is 0 Å². The molecule has 1 aromatic rings. The van der Waals surface area contributed by atoms with E-state index in [0.29, 0.717) is 12.5 Å². The molecule has 94 valence electrons. The van der Waals surface area contributed by atoms with E-state index >= 15 is 0 Å². The molecule has 17 heavy (non-hydrogen) atoms. The van der Waals surface area contributed by atoms with Gasteiger partial charge in [-0.15, -0.1) is 0 Å². The van der Waals surface area contributed by atoms with E-state index in [4.69, 9.17) is 9.47 Å². The molecule has 1 fully saturated rings. The molecule has 1 atom stereocenters. The lowest BCUT2D eigenvalue weighted by atomic mass is 9.90. The quantitative estimate of drug-likeness (QED) is 0.868. The Morgan fingerprint density at radius 1 is 1.29 bits per heavy atom. The van der Waals surface area contributed by atoms with E-state index in [-0.39, 0.29) is 0 Å². The highest BCUT2D eigenvalue weighted by Crippen LogP contribution is 2.28. The third-order valence-electron chi connectivity index (χ3n) is 3.30. The van der Waals surface area contributed by atoms with Crippen LogP contribution in [0, 0.1) is 0 Å². The normalized spacial score (nSPS) is 20.2. The Labute approximate surface area is 103 Å². The maximum Gasteiger partial charge on any atom is 0.119 e. The number of hydrogen-bond donors (Lipinski definition) is 1. The highest BCUT2D eigenvalue weighted by atomic mass is 16.5. The monoisotopic (exact) mass is 235 g/mol. The van der Waals surface area contributed by atoms with Crippen molar-refractivity contribution in [2.45, 2.75) is 25.4 Å². The van der Waals surface area contributed by atoms with Gasteiger partial charge in [-0.2, -0.15) is 0 Å². The van der Waals surface area contributed by atoms with Gasteiger partial charge in [0.05, 0.1) is 13.7 Å². The molecule has 1 aromatic carbocycles. The van der Waals surface area contributed by atoms with E-state index in [0.717, 1.165) is 18.8 Å². The second kappa shape index (κ2) is 6.03. The van der Waals surface area contributed by atoms with E-state index in [1.54, 1.807) is 14.2 Å². The number of benzene rings is 1. The molecule has 1 saturated heterocycles. The summed E-state index contributed by atoms with van der Waals surface area (Å²) in [5, 5.41) is 3.45. The van der Waals surface area contributed by atoms with Gasteiger partial charge in [-0.05, 0) is 48.6 Å². The van der Waals surface area contributed by atoms with Crippen LogP contribution >= 0.6 is 0 Å². The fourth-order valence-corrected chi connectivity index (χ4v) is 2.43. The van der Waals surface area contributed by atoms with Crippen LogP contribution in [0.25, 0.3) is 0 Å². The fraction of sp³-hybridized carbons (Fsp3) is 0.571. The Balaban J connectivity index is 2.21. The number of hydrogen-bond acceptors (Lipinski definition) is 3. The van der Waals surface area contributed by atoms with Crippen molar-refractivity contribution in [3.8, 4) is 5.75 Å². The Hall–Kier alpha value is -1.06. The summed E-state index contributed by atoms with van der Waals surface area (Å²) in [6.45, 7) is 2.86. The van der Waals surface area contributed by atoms with Gasteiger partial charge in [0.15, 0.2) is 0 Å². The van der Waals surface area contributed by atoms with Gasteiger partial charge >= 0.3 is 0 Å². The highest BCUT2D eigenvalue weighted by molar-refractivity contribution is 5.36. The first-order chi connectivity index (χ1) is 8.33. The summed E-state index contributed by atoms with van der Waals surface area (Å²) in [5.41, 5.74) is 2.55. The van der Waals surface area contributed by atoms with Crippen molar-refractivity contribution in [2.75, 3.05) is 27.3 Å². The zero-order valence-corrected chi connectivity index (χ0v) is 10.7. The molecule has 1 unspecified atom stereocenters. The van der Waals surface area contributed by atoms with Crippen molar-refractivity contribution in [3.05, 3.63) is 29.3 Å². The van der Waals surface area contributed by atoms with Crippen molar-refractivity contribution in [1.82, 2.24) is 5.32 Å². The van der Waals surface area contributed by atoms with Crippen LogP contribution in [-0.4, -0.2) is 27.3 Å². The third kappa shape index (κ3) is 3.20. The van der Waals surface area contributed by atoms with Gasteiger partial charge < -0.3 is 14.8 Å². The van der Waals surface area contributed by atoms with E-state index < -0.39 is 0 Å². The average molecular weight is 235 g/mol. The second-order valence-corrected chi connectivity index (χ2v) is 4.59. The van der Waals surface area contributed by atoms with Crippen LogP contribution in [0.15, 0.2) is 18.2 Å². The smallest absolute Gasteiger partial charge is 0.119 e. The molecule has 2 rings (SSSR count). The van der Waals surface area contributed by atoms with Crippen LogP contribution < -0.4 is 10.1 Å². The Morgan fingerprint density at radius 3 is 2.82 bits per heavy atom. The molecule has 0 bridgehead atoms. The topological polar surface area (TPSA) is 30.5 Å². The standard InChI is InChI=1S/C14H21NO2/c1-16-10-11-6-13(8-14(7-11)17-2)12-4-3-5-15-9-12/h6-8,12,15H,3-5,9-10H2,1-2H3. The fourth-order valence-electron chi connectivity index (χ4n) is 2.43. The molecule has 0 saturated carbocycles. The maximum absolute atomic E-state index is 5.36. The molecule has 0 aromatic heterocycles. The summed E-state index contributed by atoms with van der Waals surface area (Å²) >= 11 is 0. The predicted octanol–water partition coefficient (Wildman–Crippen LogP) is 2.31. The Kier molecular flexibility index (Phi) is 4.40. The molecule has 1 heterocycles. The summed E-state index contributed by atoms with van der Waals surface area (Å²) in [6, 6.07) is 6.43. The van der Waals surface area contributed by atoms with E-state index in [1.165, 1.54) is 24.0 Å². The van der Waals surface area contributed by atoms with Crippen LogP contribution in [0.1, 0.15) is 29.9 Å². The lowest BCUT2D eigenvalue weighted by Crippen LogP contribution is -2.28. The summed E-state index contributed by atoms with van der Waals surface area (Å²) in [4.78, 5) is 0. The first-order valence-corrected chi connectivity index (χ1v) is 6.21. The van der Waals surface area contributed by atoms with Crippen LogP contribution in [0.2, 0.25) is 0 Å². The maximum atomic E-state index is 5.36. The van der Waals surface area contributed by atoms with Gasteiger partial charge in [-0.25, -0.2) is 0 Å². The van der Waals surface area contributed by atoms with E-state index in [9.17, 15) is 0 Å². The van der Waals surface area contributed by atoms with Gasteiger partial charge in [-0.3, -0.25) is 0 Å². The minimum absolute atomic E-state index is 0.606. The summed E-state index contributed by atoms with van der Waals surface area (Å²) in [5.74, 6) is 1.54. The summed E-state index contributed by atoms with van der Waals surface area (Å²) in [7, 11) is 3.44. The minimum atomic E-state index is 0.606. The highest BCUT2D eigenvalue weighted by Gasteiger charge is 2.16. The largest absolute Gasteiger partial charge is 0.497 e. The lowest BCUT2D eigenvalue weighted by Gasteiger charge is -2.24. The lowest BCUT2D eigenvalue weighted by molar-refractivity contribution is 0.184. The predicted molar refractivity (Wildman–Crippen MR) is 68.6 cm³/mol. The summed E-state index contributed by atoms with van der Waals surface area (Å²) in [6.07, 6.45) is 2.51. The SMILES string of the molecule is COCc1cc(OC)cc(C2CCCNC2)c1. The molecular weight excluding hydrogens is 214 g/mol. The second-order valence-electron chi connectivity index (χ2n) is 4.59. The molecule has 3 nitrogen and oxygen atoms in total. The Morgan fingerprint density at radius 2 is 2.18 bits per heavy atom. The average Bonchev–Trinajstić information content (AvgIpc) is 2.40. The van der Waals surface area contributed by atoms with Crippen molar-refractivity contribution >= 4 is 0 Å². The molecule has 1 aliphatic rings. The number of methoxy groups -OCH3 is 2. The minimum Gasteiger partial charge on any atom is -0.497 e. The summed E-state index contributed by atoms with van der Waals surface area (Å²) < 4.78 is 10.6. The Bertz CT molecular complexity index is 359. The zero-order valence-electron chi connectivity index (χ0n) is 10.7. The third-order valence-corrected chi connectivity index (χ3v) is 3.30. The molecular formula is C14H21NO2. The first kappa shape index (κ1) is 12.4. The number of piperidine rings is 1. The van der Waals surface area contributed by atoms with Crippen molar-refractivity contribution in [3.63, 3.8) is 0 Å². The van der Waals surface area contributed by atoms with Crippen LogP contribution in [-0.2, 0) is 11.3 Å². The molecule has 0 radical (unpaired) electrons. The first-order valence-electron chi connectivity index (χ1n) is 6.21. The van der Waals surface area contributed by atoms with Crippen molar-refractivity contribution in [1.29, 1.82) is 0 Å². The van der Waals surface area contributed by atoms with Gasteiger partial charge in [0, 0.05) is 13.7 Å². The van der Waals surface area contributed by atoms with Gasteiger partial charge in [0.1, 0.15) is 5.75 Å². The van der Waals surface area contributed by atoms with Crippen LogP contribution in [0.3, 0.4) is 0 Å². The van der Waals surface area contributed by atoms with Gasteiger partial charge in [-0.1, -0.05) is 6.07 Å². The van der Waals surface area contributed by atoms with Crippen LogP contribution in [0.5, 0.6) is 5.75 Å². The van der Waals surface area contributed by atoms with E-state index in [1.807, 2.05) is 6.07 Å². The molecule has 0 amide bonds. The van der Waals surface area contributed by atoms with Crippen molar-refractivity contribution in [2.24, 2.45) is 0 Å².